The predicted octanol–water partition coefficient (Wildman–Crippen LogP) is 10.6. The molecule has 0 aliphatic heterocycles. The Hall–Kier alpha value is -1.06. The van der Waals surface area contributed by atoms with Crippen molar-refractivity contribution in [2.45, 2.75) is 109 Å². The van der Waals surface area contributed by atoms with Gasteiger partial charge in [-0.05, 0) is 48.5 Å². The van der Waals surface area contributed by atoms with Crippen LogP contribution in [0.2, 0.25) is 0 Å². The molecule has 0 heterocycles. The zero-order chi connectivity index (χ0) is 24.4. The number of rotatable bonds is 19. The molecule has 2 rings (SSSR count). The minimum atomic E-state index is 0.476. The highest BCUT2D eigenvalue weighted by atomic mass is 32.2. The maximum Gasteiger partial charge on any atom is 0.127 e. The van der Waals surface area contributed by atoms with Gasteiger partial charge in [0.2, 0.25) is 0 Å². The second-order valence-electron chi connectivity index (χ2n) is 9.66. The zero-order valence-corrected chi connectivity index (χ0v) is 23.7. The van der Waals surface area contributed by atoms with Crippen LogP contribution in [-0.4, -0.2) is 16.6 Å². The minimum Gasteiger partial charge on any atom is -0.507 e. The minimum absolute atomic E-state index is 0.476. The van der Waals surface area contributed by atoms with Gasteiger partial charge in [0.1, 0.15) is 5.75 Å². The normalized spacial score (nSPS) is 11.3. The maximum absolute atomic E-state index is 11.1. The van der Waals surface area contributed by atoms with Crippen molar-refractivity contribution < 1.29 is 5.11 Å². The molecule has 0 unspecified atom stereocenters. The third kappa shape index (κ3) is 11.6. The van der Waals surface area contributed by atoms with Gasteiger partial charge >= 0.3 is 0 Å². The highest BCUT2D eigenvalue weighted by Gasteiger charge is 2.12. The van der Waals surface area contributed by atoms with Crippen LogP contribution in [0.3, 0.4) is 0 Å². The molecule has 190 valence electrons. The standard InChI is InChI=1S/C31H48OS2/c1-4-6-8-10-12-14-20-33-24-27-22-29(25-34-21-15-13-11-9-7-5-2)31(32)30(23-27)28-18-16-26(3)17-19-28/h16-19,22-23,32H,4-15,20-21,24-25H2,1-3H3. The van der Waals surface area contributed by atoms with E-state index in [1.54, 1.807) is 0 Å². The Morgan fingerprint density at radius 1 is 0.647 bits per heavy atom. The van der Waals surface area contributed by atoms with Crippen molar-refractivity contribution >= 4 is 23.5 Å². The molecule has 0 amide bonds. The third-order valence-corrected chi connectivity index (χ3v) is 8.63. The van der Waals surface area contributed by atoms with E-state index in [-0.39, 0.29) is 0 Å². The maximum atomic E-state index is 11.1. The highest BCUT2D eigenvalue weighted by Crippen LogP contribution is 2.37. The predicted molar refractivity (Wildman–Crippen MR) is 157 cm³/mol. The van der Waals surface area contributed by atoms with Crippen LogP contribution in [0.25, 0.3) is 11.1 Å². The van der Waals surface area contributed by atoms with Crippen molar-refractivity contribution in [3.8, 4) is 16.9 Å². The molecular formula is C31H48OS2. The molecule has 34 heavy (non-hydrogen) atoms. The summed E-state index contributed by atoms with van der Waals surface area (Å²) in [7, 11) is 0. The Labute approximate surface area is 218 Å². The first-order valence-electron chi connectivity index (χ1n) is 13.7. The van der Waals surface area contributed by atoms with Crippen molar-refractivity contribution in [3.05, 3.63) is 53.1 Å². The lowest BCUT2D eigenvalue weighted by atomic mass is 9.98. The number of thioether (sulfide) groups is 2. The molecule has 0 atom stereocenters. The molecule has 0 aliphatic carbocycles. The van der Waals surface area contributed by atoms with E-state index in [1.165, 1.54) is 99.7 Å². The molecule has 1 N–H and O–H groups in total. The van der Waals surface area contributed by atoms with Gasteiger partial charge in [-0.2, -0.15) is 23.5 Å². The molecular weight excluding hydrogens is 452 g/mol. The van der Waals surface area contributed by atoms with Crippen molar-refractivity contribution in [3.63, 3.8) is 0 Å². The molecule has 0 fully saturated rings. The summed E-state index contributed by atoms with van der Waals surface area (Å²) in [6.07, 6.45) is 16.2. The monoisotopic (exact) mass is 500 g/mol. The van der Waals surface area contributed by atoms with Gasteiger partial charge in [0.15, 0.2) is 0 Å². The van der Waals surface area contributed by atoms with Crippen molar-refractivity contribution in [1.29, 1.82) is 0 Å². The first-order valence-corrected chi connectivity index (χ1v) is 16.0. The Balaban J connectivity index is 1.94. The number of aryl methyl sites for hydroxylation is 1. The average Bonchev–Trinajstić information content (AvgIpc) is 2.84. The number of phenolic OH excluding ortho intramolecular Hbond substituents is 1. The number of unbranched alkanes of at least 4 members (excludes halogenated alkanes) is 10. The van der Waals surface area contributed by atoms with Gasteiger partial charge < -0.3 is 5.11 Å². The Morgan fingerprint density at radius 2 is 1.18 bits per heavy atom. The average molecular weight is 501 g/mol. The van der Waals surface area contributed by atoms with Crippen LogP contribution in [0.4, 0.5) is 0 Å². The number of hydrogen-bond acceptors (Lipinski definition) is 3. The summed E-state index contributed by atoms with van der Waals surface area (Å²) in [4.78, 5) is 0. The van der Waals surface area contributed by atoms with Crippen molar-refractivity contribution in [2.75, 3.05) is 11.5 Å². The lowest BCUT2D eigenvalue weighted by Crippen LogP contribution is -1.93. The van der Waals surface area contributed by atoms with E-state index in [4.69, 9.17) is 0 Å². The summed E-state index contributed by atoms with van der Waals surface area (Å²) in [5.74, 6) is 4.82. The van der Waals surface area contributed by atoms with Gasteiger partial charge in [-0.3, -0.25) is 0 Å². The number of aromatic hydroxyl groups is 1. The van der Waals surface area contributed by atoms with E-state index in [1.807, 2.05) is 23.5 Å². The first kappa shape index (κ1) is 29.2. The molecule has 0 saturated heterocycles. The molecule has 1 nitrogen and oxygen atoms in total. The zero-order valence-electron chi connectivity index (χ0n) is 22.0. The van der Waals surface area contributed by atoms with Gasteiger partial charge in [-0.15, -0.1) is 0 Å². The quantitative estimate of drug-likeness (QED) is 0.194. The van der Waals surface area contributed by atoms with Gasteiger partial charge in [0.05, 0.1) is 0 Å². The lowest BCUT2D eigenvalue weighted by Gasteiger charge is -2.14. The lowest BCUT2D eigenvalue weighted by molar-refractivity contribution is 0.472. The van der Waals surface area contributed by atoms with Crippen LogP contribution >= 0.6 is 23.5 Å². The summed E-state index contributed by atoms with van der Waals surface area (Å²) < 4.78 is 0. The van der Waals surface area contributed by atoms with Crippen LogP contribution in [0.1, 0.15) is 108 Å². The van der Waals surface area contributed by atoms with E-state index < -0.39 is 0 Å². The molecule has 0 spiro atoms. The second-order valence-corrected chi connectivity index (χ2v) is 11.9. The van der Waals surface area contributed by atoms with Gasteiger partial charge in [-0.1, -0.05) is 114 Å². The van der Waals surface area contributed by atoms with Crippen LogP contribution in [0.15, 0.2) is 36.4 Å². The van der Waals surface area contributed by atoms with E-state index in [2.05, 4.69) is 57.2 Å². The molecule has 2 aromatic rings. The van der Waals surface area contributed by atoms with Crippen LogP contribution in [-0.2, 0) is 11.5 Å². The Bertz CT molecular complexity index is 785. The second kappa shape index (κ2) is 18.2. The molecule has 3 heteroatoms. The molecule has 0 aliphatic rings. The van der Waals surface area contributed by atoms with Crippen molar-refractivity contribution in [1.82, 2.24) is 0 Å². The van der Waals surface area contributed by atoms with Crippen LogP contribution < -0.4 is 0 Å². The van der Waals surface area contributed by atoms with Gasteiger partial charge in [-0.25, -0.2) is 0 Å². The molecule has 0 radical (unpaired) electrons. The fraction of sp³-hybridized carbons (Fsp3) is 0.613. The van der Waals surface area contributed by atoms with E-state index in [9.17, 15) is 5.11 Å². The number of hydrogen-bond donors (Lipinski definition) is 1. The molecule has 0 bridgehead atoms. The third-order valence-electron chi connectivity index (χ3n) is 6.42. The molecule has 0 aromatic heterocycles. The molecule has 2 aromatic carbocycles. The molecule has 0 saturated carbocycles. The fourth-order valence-electron chi connectivity index (χ4n) is 4.25. The number of benzene rings is 2. The SMILES string of the molecule is CCCCCCCCSCc1cc(CSCCCCCCCC)c(O)c(-c2ccc(C)cc2)c1. The van der Waals surface area contributed by atoms with Crippen molar-refractivity contribution in [2.24, 2.45) is 0 Å². The van der Waals surface area contributed by atoms with Gasteiger partial charge in [0, 0.05) is 22.6 Å². The van der Waals surface area contributed by atoms with Crippen LogP contribution in [0, 0.1) is 6.92 Å². The summed E-state index contributed by atoms with van der Waals surface area (Å²) in [6, 6.07) is 13.0. The summed E-state index contributed by atoms with van der Waals surface area (Å²) >= 11 is 4.02. The number of phenols is 1. The topological polar surface area (TPSA) is 20.2 Å². The Kier molecular flexibility index (Phi) is 15.7. The smallest absolute Gasteiger partial charge is 0.127 e. The van der Waals surface area contributed by atoms with E-state index in [0.29, 0.717) is 5.75 Å². The van der Waals surface area contributed by atoms with E-state index >= 15 is 0 Å². The highest BCUT2D eigenvalue weighted by molar-refractivity contribution is 7.98. The fourth-order valence-corrected chi connectivity index (χ4v) is 6.20. The Morgan fingerprint density at radius 3 is 1.76 bits per heavy atom. The first-order chi connectivity index (χ1) is 16.7. The van der Waals surface area contributed by atoms with Crippen LogP contribution in [0.5, 0.6) is 5.75 Å². The summed E-state index contributed by atoms with van der Waals surface area (Å²) in [5, 5.41) is 11.1. The largest absolute Gasteiger partial charge is 0.507 e. The summed E-state index contributed by atoms with van der Waals surface area (Å²) in [6.45, 7) is 6.66. The van der Waals surface area contributed by atoms with Gasteiger partial charge in [0.25, 0.3) is 0 Å². The van der Waals surface area contributed by atoms with E-state index in [0.717, 1.165) is 28.2 Å². The summed E-state index contributed by atoms with van der Waals surface area (Å²) in [5.41, 5.74) is 5.81.